The van der Waals surface area contributed by atoms with Crippen molar-refractivity contribution >= 4 is 67.3 Å². The number of fused-ring (bicyclic) bond motifs is 5. The van der Waals surface area contributed by atoms with Crippen LogP contribution in [0.15, 0.2) is 152 Å². The summed E-state index contributed by atoms with van der Waals surface area (Å²) in [4.78, 5) is 70.3. The predicted molar refractivity (Wildman–Crippen MR) is 267 cm³/mol. The van der Waals surface area contributed by atoms with Crippen molar-refractivity contribution < 1.29 is 43.2 Å². The van der Waals surface area contributed by atoms with Gasteiger partial charge in [0.05, 0.1) is 52.6 Å². The van der Waals surface area contributed by atoms with E-state index < -0.39 is 59.4 Å². The Labute approximate surface area is 416 Å². The molecule has 16 nitrogen and oxygen atoms in total. The lowest BCUT2D eigenvalue weighted by molar-refractivity contribution is -0.177. The standard InChI is InChI=1S/C55H45N7O9S/c1-68-30-31-70-54(67)61-42-26-25-34(14-13-27-60-43-23-10-8-21-40(43)58-59-60)32-39(42)55(52(61)66)45(50(64)57-53-56-41-22-9-11-24-44(41)72-53)47-51(65)71-48(36-17-6-3-7-18-36)46(35-15-4-2-5-16-35)62(47)49(55)37-19-12-20-38(33-37)69-29-28-63/h2-12,15-26,32-33,45-49,63H,27-31H2,1H3,(H,56,57,64)/t45-,46-,47-,48+,49+,55-/m1/s1. The van der Waals surface area contributed by atoms with Crippen molar-refractivity contribution in [2.45, 2.75) is 36.2 Å². The summed E-state index contributed by atoms with van der Waals surface area (Å²) in [6.45, 7) is -0.295. The number of aliphatic hydroxyl groups excluding tert-OH is 1. The quantitative estimate of drug-likeness (QED) is 0.0695. The largest absolute Gasteiger partial charge is 0.491 e. The molecule has 11 rings (SSSR count). The monoisotopic (exact) mass is 979 g/mol. The van der Waals surface area contributed by atoms with Crippen LogP contribution in [0.4, 0.5) is 15.6 Å². The zero-order chi connectivity index (χ0) is 49.3. The van der Waals surface area contributed by atoms with Crippen LogP contribution >= 0.6 is 11.3 Å². The van der Waals surface area contributed by atoms with Crippen molar-refractivity contribution in [2.75, 3.05) is 43.8 Å². The Hall–Kier alpha value is -8.27. The van der Waals surface area contributed by atoms with Gasteiger partial charge in [-0.3, -0.25) is 19.3 Å². The van der Waals surface area contributed by atoms with Gasteiger partial charge in [-0.2, -0.15) is 0 Å². The molecule has 8 aromatic rings. The minimum absolute atomic E-state index is 0.0386. The summed E-state index contributed by atoms with van der Waals surface area (Å²) in [5.74, 6) is 2.89. The lowest BCUT2D eigenvalue weighted by Gasteiger charge is -2.46. The number of carbonyl (C=O) groups is 4. The minimum Gasteiger partial charge on any atom is -0.491 e. The number of benzene rings is 6. The van der Waals surface area contributed by atoms with Crippen LogP contribution in [0.3, 0.4) is 0 Å². The van der Waals surface area contributed by atoms with E-state index in [1.807, 2.05) is 114 Å². The number of imide groups is 1. The second-order valence-corrected chi connectivity index (χ2v) is 18.4. The van der Waals surface area contributed by atoms with E-state index in [-0.39, 0.29) is 49.4 Å². The van der Waals surface area contributed by atoms with Crippen LogP contribution in [-0.2, 0) is 40.6 Å². The molecule has 0 unspecified atom stereocenters. The molecule has 2 fully saturated rings. The first-order valence-corrected chi connectivity index (χ1v) is 24.1. The first kappa shape index (κ1) is 46.1. The number of anilines is 2. The molecule has 1 spiro atoms. The minimum atomic E-state index is -2.12. The van der Waals surface area contributed by atoms with Gasteiger partial charge in [0, 0.05) is 12.7 Å². The van der Waals surface area contributed by atoms with Gasteiger partial charge in [-0.05, 0) is 76.9 Å². The first-order valence-electron chi connectivity index (χ1n) is 23.3. The Balaban J connectivity index is 1.18. The molecule has 6 aromatic carbocycles. The summed E-state index contributed by atoms with van der Waals surface area (Å²) in [5, 5.41) is 21.7. The third-order valence-corrected chi connectivity index (χ3v) is 14.3. The fraction of sp³-hybridized carbons (Fsp3) is 0.218. The van der Waals surface area contributed by atoms with Gasteiger partial charge in [-0.1, -0.05) is 125 Å². The highest BCUT2D eigenvalue weighted by Crippen LogP contribution is 2.66. The lowest BCUT2D eigenvalue weighted by Crippen LogP contribution is -2.54. The van der Waals surface area contributed by atoms with Gasteiger partial charge in [0.25, 0.3) is 0 Å². The Morgan fingerprint density at radius 1 is 0.806 bits per heavy atom. The molecule has 360 valence electrons. The number of aliphatic hydroxyl groups is 1. The fourth-order valence-electron chi connectivity index (χ4n) is 10.5. The van der Waals surface area contributed by atoms with Crippen LogP contribution < -0.4 is 15.0 Å². The molecule has 3 aliphatic heterocycles. The summed E-state index contributed by atoms with van der Waals surface area (Å²) in [7, 11) is 1.46. The predicted octanol–water partition coefficient (Wildman–Crippen LogP) is 7.55. The van der Waals surface area contributed by atoms with Crippen LogP contribution in [0.2, 0.25) is 0 Å². The molecule has 72 heavy (non-hydrogen) atoms. The number of nitrogens with one attached hydrogen (secondary N) is 1. The zero-order valence-corrected chi connectivity index (χ0v) is 39.5. The number of hydrogen-bond acceptors (Lipinski definition) is 14. The summed E-state index contributed by atoms with van der Waals surface area (Å²) < 4.78 is 26.1. The number of morpholine rings is 1. The van der Waals surface area contributed by atoms with Crippen molar-refractivity contribution in [1.82, 2.24) is 24.9 Å². The molecule has 17 heteroatoms. The third kappa shape index (κ3) is 8.00. The molecule has 0 bridgehead atoms. The highest BCUT2D eigenvalue weighted by molar-refractivity contribution is 7.22. The number of para-hydroxylation sites is 2. The second-order valence-electron chi connectivity index (χ2n) is 17.4. The molecule has 0 aliphatic carbocycles. The Morgan fingerprint density at radius 2 is 1.54 bits per heavy atom. The topological polar surface area (TPSA) is 188 Å². The normalized spacial score (nSPS) is 21.2. The maximum absolute atomic E-state index is 16.6. The average Bonchev–Trinajstić information content (AvgIpc) is 4.16. The van der Waals surface area contributed by atoms with Crippen LogP contribution in [-0.4, -0.2) is 93.4 Å². The summed E-state index contributed by atoms with van der Waals surface area (Å²) in [6, 6.07) is 42.3. The summed E-state index contributed by atoms with van der Waals surface area (Å²) in [5.41, 5.74) is 2.71. The SMILES string of the molecule is COCCOC(=O)N1C(=O)[C@@]2(c3cc(C#CCn4nnc5ccccc54)ccc31)[C@H](c1cccc(OCCO)c1)N1[C@H](c3ccccc3)[C@H](c3ccccc3)OC(=O)[C@H]1[C@@H]2C(=O)Nc1nc2ccccc2s1. The number of thiazole rings is 1. The molecule has 0 saturated carbocycles. The van der Waals surface area contributed by atoms with E-state index in [0.29, 0.717) is 33.5 Å². The van der Waals surface area contributed by atoms with Crippen LogP contribution in [0.5, 0.6) is 5.75 Å². The molecular formula is C55H45N7O9S. The molecule has 0 radical (unpaired) electrons. The van der Waals surface area contributed by atoms with Gasteiger partial charge in [0.1, 0.15) is 48.6 Å². The van der Waals surface area contributed by atoms with E-state index in [4.69, 9.17) is 23.9 Å². The Morgan fingerprint density at radius 3 is 2.32 bits per heavy atom. The Bertz CT molecular complexity index is 3400. The number of rotatable bonds is 12. The zero-order valence-electron chi connectivity index (χ0n) is 38.7. The second kappa shape index (κ2) is 19.5. The Kier molecular flexibility index (Phi) is 12.5. The van der Waals surface area contributed by atoms with E-state index in [9.17, 15) is 9.90 Å². The van der Waals surface area contributed by atoms with Crippen molar-refractivity contribution in [3.63, 3.8) is 0 Å². The highest BCUT2D eigenvalue weighted by Gasteiger charge is 2.76. The number of carbonyl (C=O) groups excluding carboxylic acids is 4. The molecular weight excluding hydrogens is 935 g/mol. The van der Waals surface area contributed by atoms with Crippen LogP contribution in [0.1, 0.15) is 46.0 Å². The number of esters is 1. The maximum Gasteiger partial charge on any atom is 0.421 e. The van der Waals surface area contributed by atoms with Crippen molar-refractivity contribution in [3.05, 3.63) is 179 Å². The van der Waals surface area contributed by atoms with E-state index in [1.165, 1.54) is 18.4 Å². The first-order chi connectivity index (χ1) is 35.3. The van der Waals surface area contributed by atoms with Crippen molar-refractivity contribution in [1.29, 1.82) is 0 Å². The van der Waals surface area contributed by atoms with Gasteiger partial charge >= 0.3 is 12.1 Å². The number of cyclic esters (lactones) is 1. The van der Waals surface area contributed by atoms with Crippen LogP contribution in [0.25, 0.3) is 21.3 Å². The van der Waals surface area contributed by atoms with Gasteiger partial charge in [-0.15, -0.1) is 5.10 Å². The van der Waals surface area contributed by atoms with E-state index in [2.05, 4.69) is 27.5 Å². The van der Waals surface area contributed by atoms with Gasteiger partial charge in [-0.25, -0.2) is 19.4 Å². The molecule has 3 aliphatic rings. The van der Waals surface area contributed by atoms with Crippen molar-refractivity contribution in [3.8, 4) is 17.6 Å². The lowest BCUT2D eigenvalue weighted by atomic mass is 9.65. The average molecular weight is 980 g/mol. The molecule has 2 saturated heterocycles. The fourth-order valence-corrected chi connectivity index (χ4v) is 11.4. The number of amides is 3. The summed E-state index contributed by atoms with van der Waals surface area (Å²) in [6.07, 6.45) is -1.96. The number of ether oxygens (including phenoxy) is 4. The smallest absolute Gasteiger partial charge is 0.421 e. The van der Waals surface area contributed by atoms with Crippen molar-refractivity contribution in [2.24, 2.45) is 5.92 Å². The molecule has 2 N–H and O–H groups in total. The molecule has 2 aromatic heterocycles. The van der Waals surface area contributed by atoms with E-state index in [1.54, 1.807) is 47.1 Å². The van der Waals surface area contributed by atoms with E-state index >= 15 is 14.4 Å². The molecule has 6 atom stereocenters. The van der Waals surface area contributed by atoms with E-state index in [0.717, 1.165) is 20.7 Å². The third-order valence-electron chi connectivity index (χ3n) is 13.4. The number of methoxy groups -OCH3 is 1. The number of aromatic nitrogens is 4. The molecule has 5 heterocycles. The molecule has 3 amide bonds. The maximum atomic E-state index is 16.6. The summed E-state index contributed by atoms with van der Waals surface area (Å²) >= 11 is 1.24. The number of nitrogens with zero attached hydrogens (tertiary/aromatic N) is 6. The van der Waals surface area contributed by atoms with Gasteiger partial charge < -0.3 is 29.4 Å². The van der Waals surface area contributed by atoms with Gasteiger partial charge in [0.15, 0.2) is 5.13 Å². The highest BCUT2D eigenvalue weighted by atomic mass is 32.1. The number of hydrogen-bond donors (Lipinski definition) is 2. The van der Waals surface area contributed by atoms with Crippen LogP contribution in [0, 0.1) is 17.8 Å². The van der Waals surface area contributed by atoms with Gasteiger partial charge in [0.2, 0.25) is 11.8 Å².